The van der Waals surface area contributed by atoms with Crippen LogP contribution >= 0.6 is 0 Å². The number of aromatic nitrogens is 1. The molecule has 0 aliphatic carbocycles. The zero-order chi connectivity index (χ0) is 12.8. The van der Waals surface area contributed by atoms with E-state index in [1.165, 1.54) is 0 Å². The second-order valence-electron chi connectivity index (χ2n) is 4.50. The molecule has 0 aliphatic heterocycles. The Hall–Kier alpha value is -1.42. The third-order valence-corrected chi connectivity index (χ3v) is 2.68. The van der Waals surface area contributed by atoms with E-state index in [9.17, 15) is 4.79 Å². The second kappa shape index (κ2) is 6.35. The first-order valence-corrected chi connectivity index (χ1v) is 5.90. The minimum Gasteiger partial charge on any atom is -0.396 e. The van der Waals surface area contributed by atoms with Crippen LogP contribution in [-0.4, -0.2) is 28.6 Å². The molecule has 0 aromatic carbocycles. The van der Waals surface area contributed by atoms with Gasteiger partial charge in [0.05, 0.1) is 0 Å². The smallest absolute Gasteiger partial charge is 0.270 e. The van der Waals surface area contributed by atoms with E-state index in [1.807, 2.05) is 32.9 Å². The van der Waals surface area contributed by atoms with Crippen LogP contribution in [0.25, 0.3) is 0 Å². The van der Waals surface area contributed by atoms with Gasteiger partial charge in [0.1, 0.15) is 5.69 Å². The lowest BCUT2D eigenvalue weighted by atomic mass is 10.0. The van der Waals surface area contributed by atoms with Crippen LogP contribution in [0.4, 0.5) is 0 Å². The van der Waals surface area contributed by atoms with Gasteiger partial charge in [-0.25, -0.2) is 4.98 Å². The van der Waals surface area contributed by atoms with Crippen molar-refractivity contribution in [2.45, 2.75) is 33.2 Å². The van der Waals surface area contributed by atoms with Gasteiger partial charge in [0.2, 0.25) is 0 Å². The summed E-state index contributed by atoms with van der Waals surface area (Å²) in [7, 11) is 0. The van der Waals surface area contributed by atoms with Gasteiger partial charge in [0.15, 0.2) is 0 Å². The molecule has 1 atom stereocenters. The molecule has 4 heteroatoms. The number of aryl methyl sites for hydroxylation is 1. The summed E-state index contributed by atoms with van der Waals surface area (Å²) in [5, 5.41) is 11.8. The monoisotopic (exact) mass is 236 g/mol. The molecular formula is C13H20N2O2. The summed E-state index contributed by atoms with van der Waals surface area (Å²) in [5.41, 5.74) is 1.24. The standard InChI is InChI=1S/C13H20N2O2/c1-9(2)11(7-8-16)15-13(17)12-6-4-5-10(3)14-12/h4-6,9,11,16H,7-8H2,1-3H3,(H,15,17). The second-order valence-corrected chi connectivity index (χ2v) is 4.50. The lowest BCUT2D eigenvalue weighted by Crippen LogP contribution is -2.39. The van der Waals surface area contributed by atoms with Gasteiger partial charge in [-0.3, -0.25) is 4.79 Å². The van der Waals surface area contributed by atoms with Crippen LogP contribution in [0.5, 0.6) is 0 Å². The van der Waals surface area contributed by atoms with Crippen molar-refractivity contribution in [1.82, 2.24) is 10.3 Å². The topological polar surface area (TPSA) is 62.2 Å². The van der Waals surface area contributed by atoms with Gasteiger partial charge < -0.3 is 10.4 Å². The molecule has 0 spiro atoms. The summed E-state index contributed by atoms with van der Waals surface area (Å²) in [5.74, 6) is 0.108. The molecule has 1 rings (SSSR count). The van der Waals surface area contributed by atoms with Crippen molar-refractivity contribution in [2.75, 3.05) is 6.61 Å². The Labute approximate surface area is 102 Å². The number of carbonyl (C=O) groups is 1. The van der Waals surface area contributed by atoms with Gasteiger partial charge >= 0.3 is 0 Å². The number of hydrogen-bond donors (Lipinski definition) is 2. The summed E-state index contributed by atoms with van der Waals surface area (Å²) >= 11 is 0. The number of aliphatic hydroxyl groups excluding tert-OH is 1. The average Bonchev–Trinajstić information content (AvgIpc) is 2.28. The van der Waals surface area contributed by atoms with E-state index < -0.39 is 0 Å². The molecule has 94 valence electrons. The Morgan fingerprint density at radius 2 is 2.18 bits per heavy atom. The van der Waals surface area contributed by atoms with Crippen LogP contribution < -0.4 is 5.32 Å². The Kier molecular flexibility index (Phi) is 5.10. The summed E-state index contributed by atoms with van der Waals surface area (Å²) < 4.78 is 0. The van der Waals surface area contributed by atoms with E-state index in [1.54, 1.807) is 6.07 Å². The predicted molar refractivity (Wildman–Crippen MR) is 66.8 cm³/mol. The first-order valence-electron chi connectivity index (χ1n) is 5.90. The largest absolute Gasteiger partial charge is 0.396 e. The maximum atomic E-state index is 11.9. The predicted octanol–water partition coefficient (Wildman–Crippen LogP) is 1.53. The van der Waals surface area contributed by atoms with Gasteiger partial charge in [-0.15, -0.1) is 0 Å². The molecule has 0 bridgehead atoms. The van der Waals surface area contributed by atoms with Gasteiger partial charge in [0.25, 0.3) is 5.91 Å². The van der Waals surface area contributed by atoms with Crippen molar-refractivity contribution in [3.63, 3.8) is 0 Å². The van der Waals surface area contributed by atoms with Crippen LogP contribution in [0.1, 0.15) is 36.5 Å². The van der Waals surface area contributed by atoms with E-state index in [-0.39, 0.29) is 24.5 Å². The highest BCUT2D eigenvalue weighted by molar-refractivity contribution is 5.92. The summed E-state index contributed by atoms with van der Waals surface area (Å²) in [6, 6.07) is 5.34. The first kappa shape index (κ1) is 13.6. The lowest BCUT2D eigenvalue weighted by Gasteiger charge is -2.21. The van der Waals surface area contributed by atoms with Crippen LogP contribution in [-0.2, 0) is 0 Å². The van der Waals surface area contributed by atoms with Crippen molar-refractivity contribution >= 4 is 5.91 Å². The fourth-order valence-corrected chi connectivity index (χ4v) is 1.62. The number of rotatable bonds is 5. The SMILES string of the molecule is Cc1cccc(C(=O)NC(CCO)C(C)C)n1. The molecule has 0 saturated heterocycles. The van der Waals surface area contributed by atoms with Crippen molar-refractivity contribution in [2.24, 2.45) is 5.92 Å². The Balaban J connectivity index is 2.70. The lowest BCUT2D eigenvalue weighted by molar-refractivity contribution is 0.0911. The number of aliphatic hydroxyl groups is 1. The number of carbonyl (C=O) groups excluding carboxylic acids is 1. The van der Waals surface area contributed by atoms with Gasteiger partial charge in [-0.1, -0.05) is 19.9 Å². The van der Waals surface area contributed by atoms with Crippen LogP contribution in [0.3, 0.4) is 0 Å². The Bertz CT molecular complexity index is 377. The number of nitrogens with zero attached hydrogens (tertiary/aromatic N) is 1. The number of pyridine rings is 1. The van der Waals surface area contributed by atoms with Gasteiger partial charge in [-0.2, -0.15) is 0 Å². The molecular weight excluding hydrogens is 216 g/mol. The molecule has 1 amide bonds. The van der Waals surface area contributed by atoms with E-state index in [2.05, 4.69) is 10.3 Å². The molecule has 1 heterocycles. The molecule has 1 unspecified atom stereocenters. The molecule has 1 aromatic rings. The molecule has 17 heavy (non-hydrogen) atoms. The number of nitrogens with one attached hydrogen (secondary N) is 1. The van der Waals surface area contributed by atoms with E-state index >= 15 is 0 Å². The third kappa shape index (κ3) is 4.15. The summed E-state index contributed by atoms with van der Waals surface area (Å²) in [6.07, 6.45) is 0.565. The summed E-state index contributed by atoms with van der Waals surface area (Å²) in [4.78, 5) is 16.1. The first-order chi connectivity index (χ1) is 8.04. The number of hydrogen-bond acceptors (Lipinski definition) is 3. The Morgan fingerprint density at radius 1 is 1.47 bits per heavy atom. The third-order valence-electron chi connectivity index (χ3n) is 2.68. The van der Waals surface area contributed by atoms with Crippen molar-refractivity contribution in [3.8, 4) is 0 Å². The van der Waals surface area contributed by atoms with Crippen LogP contribution in [0.15, 0.2) is 18.2 Å². The quantitative estimate of drug-likeness (QED) is 0.815. The van der Waals surface area contributed by atoms with Gasteiger partial charge in [0, 0.05) is 18.3 Å². The number of amides is 1. The Morgan fingerprint density at radius 3 is 2.71 bits per heavy atom. The minimum absolute atomic E-state index is 0.0187. The normalized spacial score (nSPS) is 12.5. The molecule has 2 N–H and O–H groups in total. The fourth-order valence-electron chi connectivity index (χ4n) is 1.62. The van der Waals surface area contributed by atoms with E-state index in [0.717, 1.165) is 5.69 Å². The highest BCUT2D eigenvalue weighted by atomic mass is 16.3. The highest BCUT2D eigenvalue weighted by Crippen LogP contribution is 2.07. The van der Waals surface area contributed by atoms with Crippen molar-refractivity contribution in [3.05, 3.63) is 29.6 Å². The maximum Gasteiger partial charge on any atom is 0.270 e. The zero-order valence-corrected chi connectivity index (χ0v) is 10.6. The van der Waals surface area contributed by atoms with Crippen molar-refractivity contribution < 1.29 is 9.90 Å². The molecule has 0 aliphatic rings. The zero-order valence-electron chi connectivity index (χ0n) is 10.6. The van der Waals surface area contributed by atoms with Gasteiger partial charge in [-0.05, 0) is 31.4 Å². The fraction of sp³-hybridized carbons (Fsp3) is 0.538. The molecule has 4 nitrogen and oxygen atoms in total. The molecule has 0 radical (unpaired) electrons. The summed E-state index contributed by atoms with van der Waals surface area (Å²) in [6.45, 7) is 5.96. The minimum atomic E-state index is -0.180. The molecule has 0 saturated carbocycles. The molecule has 0 fully saturated rings. The van der Waals surface area contributed by atoms with E-state index in [0.29, 0.717) is 12.1 Å². The van der Waals surface area contributed by atoms with E-state index in [4.69, 9.17) is 5.11 Å². The van der Waals surface area contributed by atoms with Crippen LogP contribution in [0, 0.1) is 12.8 Å². The maximum absolute atomic E-state index is 11.9. The van der Waals surface area contributed by atoms with Crippen LogP contribution in [0.2, 0.25) is 0 Å². The average molecular weight is 236 g/mol. The van der Waals surface area contributed by atoms with Crippen molar-refractivity contribution in [1.29, 1.82) is 0 Å². The highest BCUT2D eigenvalue weighted by Gasteiger charge is 2.17. The molecule has 1 aromatic heterocycles.